The van der Waals surface area contributed by atoms with Crippen LogP contribution in [0.15, 0.2) is 0 Å². The normalized spacial score (nSPS) is 10.1. The molecule has 5 nitrogen and oxygen atoms in total. The number of ketones is 1. The molecule has 1 aromatic heterocycles. The third kappa shape index (κ3) is 2.27. The Morgan fingerprint density at radius 1 is 1.25 bits per heavy atom. The quantitative estimate of drug-likeness (QED) is 0.285. The average Bonchev–Trinajstić information content (AvgIpc) is 2.23. The highest BCUT2D eigenvalue weighted by Crippen LogP contribution is 2.33. The molecule has 0 atom stereocenters. The first-order chi connectivity index (χ1) is 7.40. The standard InChI is InChI=1S/C8H6Cl3N3O2/c1-2(15)3-4(9)5(10)7(11)13-6(3)8(16)14-12/h12H2,1H3,(H,14,16). The van der Waals surface area contributed by atoms with Gasteiger partial charge in [0.1, 0.15) is 10.8 Å². The van der Waals surface area contributed by atoms with E-state index >= 15 is 0 Å². The van der Waals surface area contributed by atoms with E-state index in [1.165, 1.54) is 6.92 Å². The first-order valence-electron chi connectivity index (χ1n) is 3.96. The Labute approximate surface area is 106 Å². The number of nitrogens with zero attached hydrogens (tertiary/aromatic N) is 1. The minimum Gasteiger partial charge on any atom is -0.294 e. The molecule has 0 unspecified atom stereocenters. The monoisotopic (exact) mass is 281 g/mol. The molecule has 86 valence electrons. The van der Waals surface area contributed by atoms with E-state index in [-0.39, 0.29) is 26.5 Å². The van der Waals surface area contributed by atoms with E-state index in [1.54, 1.807) is 0 Å². The molecule has 0 bridgehead atoms. The van der Waals surface area contributed by atoms with Gasteiger partial charge in [-0.25, -0.2) is 10.8 Å². The number of Topliss-reactive ketones (excluding diaryl/α,β-unsaturated/α-hetero) is 1. The maximum absolute atomic E-state index is 11.3. The molecule has 0 fully saturated rings. The van der Waals surface area contributed by atoms with Crippen LogP contribution in [0.25, 0.3) is 0 Å². The van der Waals surface area contributed by atoms with Crippen LogP contribution in [0.5, 0.6) is 0 Å². The number of hydrogen-bond donors (Lipinski definition) is 2. The number of carbonyl (C=O) groups excluding carboxylic acids is 2. The van der Waals surface area contributed by atoms with Gasteiger partial charge in [-0.3, -0.25) is 15.0 Å². The van der Waals surface area contributed by atoms with E-state index in [0.717, 1.165) is 0 Å². The fourth-order valence-electron chi connectivity index (χ4n) is 1.06. The Bertz CT molecular complexity index is 476. The van der Waals surface area contributed by atoms with Crippen LogP contribution < -0.4 is 11.3 Å². The van der Waals surface area contributed by atoms with Gasteiger partial charge in [-0.15, -0.1) is 0 Å². The molecule has 0 aliphatic carbocycles. The van der Waals surface area contributed by atoms with Crippen molar-refractivity contribution < 1.29 is 9.59 Å². The maximum Gasteiger partial charge on any atom is 0.284 e. The van der Waals surface area contributed by atoms with Crippen LogP contribution in [-0.4, -0.2) is 16.7 Å². The second kappa shape index (κ2) is 4.97. The molecule has 0 aliphatic rings. The SMILES string of the molecule is CC(=O)c1c(C(=O)NN)nc(Cl)c(Cl)c1Cl. The molecule has 0 aromatic carbocycles. The van der Waals surface area contributed by atoms with Crippen molar-refractivity contribution in [3.8, 4) is 0 Å². The Morgan fingerprint density at radius 3 is 2.25 bits per heavy atom. The highest BCUT2D eigenvalue weighted by molar-refractivity contribution is 6.49. The molecule has 0 saturated heterocycles. The van der Waals surface area contributed by atoms with Crippen molar-refractivity contribution in [2.24, 2.45) is 5.84 Å². The number of nitrogen functional groups attached to an aromatic ring is 1. The van der Waals surface area contributed by atoms with Gasteiger partial charge < -0.3 is 0 Å². The largest absolute Gasteiger partial charge is 0.294 e. The average molecular weight is 283 g/mol. The summed E-state index contributed by atoms with van der Waals surface area (Å²) < 4.78 is 0. The lowest BCUT2D eigenvalue weighted by atomic mass is 10.1. The number of hydrazine groups is 1. The molecule has 3 N–H and O–H groups in total. The summed E-state index contributed by atoms with van der Waals surface area (Å²) >= 11 is 17.1. The molecule has 1 aromatic rings. The van der Waals surface area contributed by atoms with Crippen LogP contribution in [0, 0.1) is 0 Å². The lowest BCUT2D eigenvalue weighted by Gasteiger charge is -2.09. The van der Waals surface area contributed by atoms with Crippen molar-refractivity contribution in [2.75, 3.05) is 0 Å². The van der Waals surface area contributed by atoms with Crippen LogP contribution in [-0.2, 0) is 0 Å². The smallest absolute Gasteiger partial charge is 0.284 e. The summed E-state index contributed by atoms with van der Waals surface area (Å²) in [5, 5.41) is -0.370. The van der Waals surface area contributed by atoms with Gasteiger partial charge in [0.25, 0.3) is 5.91 Å². The van der Waals surface area contributed by atoms with Gasteiger partial charge in [0, 0.05) is 0 Å². The zero-order chi connectivity index (χ0) is 12.5. The summed E-state index contributed by atoms with van der Waals surface area (Å²) in [6.45, 7) is 1.22. The first-order valence-corrected chi connectivity index (χ1v) is 5.09. The second-order valence-electron chi connectivity index (χ2n) is 2.78. The van der Waals surface area contributed by atoms with Crippen molar-refractivity contribution in [1.29, 1.82) is 0 Å². The number of nitrogens with two attached hydrogens (primary N) is 1. The second-order valence-corrected chi connectivity index (χ2v) is 3.90. The molecule has 1 amide bonds. The van der Waals surface area contributed by atoms with Gasteiger partial charge in [0.15, 0.2) is 5.78 Å². The number of pyridine rings is 1. The van der Waals surface area contributed by atoms with Gasteiger partial charge in [-0.05, 0) is 6.92 Å². The molecule has 1 rings (SSSR count). The number of rotatable bonds is 2. The third-order valence-corrected chi connectivity index (χ3v) is 2.95. The number of carbonyl (C=O) groups is 2. The predicted octanol–water partition coefficient (Wildman–Crippen LogP) is 1.85. The van der Waals surface area contributed by atoms with Crippen molar-refractivity contribution >= 4 is 46.5 Å². The molecule has 1 heterocycles. The van der Waals surface area contributed by atoms with Crippen LogP contribution in [0.4, 0.5) is 0 Å². The number of nitrogens with one attached hydrogen (secondary N) is 1. The van der Waals surface area contributed by atoms with E-state index < -0.39 is 11.7 Å². The Morgan fingerprint density at radius 2 is 1.81 bits per heavy atom. The van der Waals surface area contributed by atoms with Gasteiger partial charge in [-0.2, -0.15) is 0 Å². The van der Waals surface area contributed by atoms with Crippen molar-refractivity contribution in [3.05, 3.63) is 26.5 Å². The Balaban J connectivity index is 3.60. The van der Waals surface area contributed by atoms with Crippen molar-refractivity contribution in [1.82, 2.24) is 10.4 Å². The van der Waals surface area contributed by atoms with Gasteiger partial charge in [0.05, 0.1) is 15.6 Å². The first kappa shape index (κ1) is 13.2. The number of hydrogen-bond acceptors (Lipinski definition) is 4. The number of aromatic nitrogens is 1. The van der Waals surface area contributed by atoms with Crippen LogP contribution in [0.3, 0.4) is 0 Å². The molecular formula is C8H6Cl3N3O2. The summed E-state index contributed by atoms with van der Waals surface area (Å²) in [4.78, 5) is 26.3. The molecular weight excluding hydrogens is 276 g/mol. The van der Waals surface area contributed by atoms with E-state index in [2.05, 4.69) is 4.98 Å². The lowest BCUT2D eigenvalue weighted by molar-refractivity contribution is 0.0933. The fraction of sp³-hybridized carbons (Fsp3) is 0.125. The minimum absolute atomic E-state index is 0.0814. The summed E-state index contributed by atoms with van der Waals surface area (Å²) in [5.41, 5.74) is 1.47. The van der Waals surface area contributed by atoms with Crippen LogP contribution in [0.1, 0.15) is 27.8 Å². The van der Waals surface area contributed by atoms with Gasteiger partial charge in [-0.1, -0.05) is 34.8 Å². The summed E-state index contributed by atoms with van der Waals surface area (Å²) in [6.07, 6.45) is 0. The Hall–Kier alpha value is -0.880. The molecule has 0 aliphatic heterocycles. The van der Waals surface area contributed by atoms with E-state index in [0.29, 0.717) is 0 Å². The third-order valence-electron chi connectivity index (χ3n) is 1.74. The van der Waals surface area contributed by atoms with E-state index in [9.17, 15) is 9.59 Å². The van der Waals surface area contributed by atoms with Gasteiger partial charge >= 0.3 is 0 Å². The molecule has 0 radical (unpaired) electrons. The minimum atomic E-state index is -0.773. The maximum atomic E-state index is 11.3. The zero-order valence-electron chi connectivity index (χ0n) is 7.97. The molecule has 0 saturated carbocycles. The number of halogens is 3. The summed E-state index contributed by atoms with van der Waals surface area (Å²) in [6, 6.07) is 0. The van der Waals surface area contributed by atoms with Gasteiger partial charge in [0.2, 0.25) is 0 Å². The topological polar surface area (TPSA) is 85.1 Å². The van der Waals surface area contributed by atoms with Crippen LogP contribution >= 0.6 is 34.8 Å². The lowest BCUT2D eigenvalue weighted by Crippen LogP contribution is -2.32. The molecule has 8 heteroatoms. The summed E-state index contributed by atoms with van der Waals surface area (Å²) in [7, 11) is 0. The number of amides is 1. The Kier molecular flexibility index (Phi) is 4.09. The van der Waals surface area contributed by atoms with Crippen molar-refractivity contribution in [3.63, 3.8) is 0 Å². The molecule has 16 heavy (non-hydrogen) atoms. The van der Waals surface area contributed by atoms with Crippen molar-refractivity contribution in [2.45, 2.75) is 6.92 Å². The van der Waals surface area contributed by atoms with Crippen LogP contribution in [0.2, 0.25) is 15.2 Å². The highest BCUT2D eigenvalue weighted by atomic mass is 35.5. The molecule has 0 spiro atoms. The summed E-state index contributed by atoms with van der Waals surface area (Å²) in [5.74, 6) is 3.71. The fourth-order valence-corrected chi connectivity index (χ4v) is 1.74. The van der Waals surface area contributed by atoms with E-state index in [1.807, 2.05) is 5.43 Å². The highest BCUT2D eigenvalue weighted by Gasteiger charge is 2.23. The van der Waals surface area contributed by atoms with E-state index in [4.69, 9.17) is 40.6 Å². The predicted molar refractivity (Wildman–Crippen MR) is 60.9 cm³/mol. The zero-order valence-corrected chi connectivity index (χ0v) is 10.2.